The monoisotopic (exact) mass is 449 g/mol. The lowest BCUT2D eigenvalue weighted by Crippen LogP contribution is -2.69. The van der Waals surface area contributed by atoms with Crippen molar-refractivity contribution in [2.24, 2.45) is 0 Å². The van der Waals surface area contributed by atoms with Crippen molar-refractivity contribution in [1.29, 1.82) is 0 Å². The number of benzene rings is 1. The van der Waals surface area contributed by atoms with Gasteiger partial charge in [0.2, 0.25) is 0 Å². The van der Waals surface area contributed by atoms with Crippen LogP contribution in [-0.4, -0.2) is 77.1 Å². The number of carbonyl (C=O) groups is 3. The van der Waals surface area contributed by atoms with Crippen LogP contribution in [0, 0.1) is 0 Å². The molecule has 1 saturated heterocycles. The lowest BCUT2D eigenvalue weighted by molar-refractivity contribution is -0.146. The van der Waals surface area contributed by atoms with E-state index in [4.69, 9.17) is 4.74 Å². The highest BCUT2D eigenvalue weighted by Crippen LogP contribution is 2.38. The molecule has 0 radical (unpaired) electrons. The standard InChI is InChI=1S/C21H31N3O6Si/c1-30-18(25)12-21(29,31(2,3)4)17-11-15(9-10-23(17)20(27)28)24-13-14-7-5-6-8-16(14)22-19(24)26/h5-8,15,17,29H,9-13H2,1-4H3,(H,22,26)(H,27,28). The summed E-state index contributed by atoms with van der Waals surface area (Å²) in [5.74, 6) is -0.581. The number of hydrogen-bond donors (Lipinski definition) is 3. The van der Waals surface area contributed by atoms with Crippen molar-refractivity contribution in [3.05, 3.63) is 29.8 Å². The molecule has 0 spiro atoms. The number of rotatable bonds is 5. The van der Waals surface area contributed by atoms with Gasteiger partial charge >= 0.3 is 18.1 Å². The Labute approximate surface area is 183 Å². The Morgan fingerprint density at radius 1 is 1.29 bits per heavy atom. The number of carboxylic acid groups (broad SMARTS) is 1. The third kappa shape index (κ3) is 4.40. The van der Waals surface area contributed by atoms with Gasteiger partial charge in [-0.05, 0) is 24.5 Å². The average Bonchev–Trinajstić information content (AvgIpc) is 2.71. The van der Waals surface area contributed by atoms with Crippen LogP contribution < -0.4 is 5.32 Å². The van der Waals surface area contributed by atoms with Crippen molar-refractivity contribution < 1.29 is 29.3 Å². The molecule has 0 bridgehead atoms. The van der Waals surface area contributed by atoms with Crippen molar-refractivity contribution in [3.63, 3.8) is 0 Å². The number of likely N-dealkylation sites (tertiary alicyclic amines) is 1. The molecular weight excluding hydrogens is 418 g/mol. The van der Waals surface area contributed by atoms with Crippen LogP contribution in [0.5, 0.6) is 0 Å². The molecule has 3 atom stereocenters. The molecule has 3 amide bonds. The summed E-state index contributed by atoms with van der Waals surface area (Å²) in [4.78, 5) is 39.9. The predicted octanol–water partition coefficient (Wildman–Crippen LogP) is 2.72. The molecule has 1 aromatic rings. The quantitative estimate of drug-likeness (QED) is 0.470. The van der Waals surface area contributed by atoms with Crippen molar-refractivity contribution in [3.8, 4) is 0 Å². The maximum absolute atomic E-state index is 12.8. The van der Waals surface area contributed by atoms with E-state index in [9.17, 15) is 24.6 Å². The number of urea groups is 1. The zero-order valence-electron chi connectivity index (χ0n) is 18.4. The number of hydrogen-bond acceptors (Lipinski definition) is 5. The third-order valence-corrected chi connectivity index (χ3v) is 9.72. The van der Waals surface area contributed by atoms with Crippen LogP contribution in [0.4, 0.5) is 15.3 Å². The van der Waals surface area contributed by atoms with Gasteiger partial charge in [-0.2, -0.15) is 0 Å². The molecular formula is C21H31N3O6Si. The van der Waals surface area contributed by atoms with E-state index >= 15 is 0 Å². The number of piperidine rings is 1. The van der Waals surface area contributed by atoms with E-state index in [2.05, 4.69) is 5.32 Å². The first-order chi connectivity index (χ1) is 14.5. The average molecular weight is 450 g/mol. The van der Waals surface area contributed by atoms with Gasteiger partial charge in [0.05, 0.1) is 32.9 Å². The minimum absolute atomic E-state index is 0.171. The van der Waals surface area contributed by atoms with E-state index in [-0.39, 0.29) is 31.5 Å². The van der Waals surface area contributed by atoms with Crippen LogP contribution in [0.15, 0.2) is 24.3 Å². The Bertz CT molecular complexity index is 873. The van der Waals surface area contributed by atoms with Crippen molar-refractivity contribution in [1.82, 2.24) is 9.80 Å². The number of fused-ring (bicyclic) bond motifs is 1. The number of ether oxygens (including phenoxy) is 1. The molecule has 2 aliphatic heterocycles. The number of aliphatic hydroxyl groups is 1. The topological polar surface area (TPSA) is 119 Å². The number of esters is 1. The number of anilines is 1. The zero-order valence-corrected chi connectivity index (χ0v) is 19.4. The Hall–Kier alpha value is -2.59. The Balaban J connectivity index is 1.93. The Kier molecular flexibility index (Phi) is 6.33. The summed E-state index contributed by atoms with van der Waals surface area (Å²) >= 11 is 0. The largest absolute Gasteiger partial charge is 0.469 e. The van der Waals surface area contributed by atoms with E-state index in [1.165, 1.54) is 12.0 Å². The lowest BCUT2D eigenvalue weighted by Gasteiger charge is -2.52. The number of amides is 3. The summed E-state index contributed by atoms with van der Waals surface area (Å²) in [6.45, 7) is 6.30. The molecule has 9 nitrogen and oxygen atoms in total. The number of carbonyl (C=O) groups excluding carboxylic acids is 2. The molecule has 3 unspecified atom stereocenters. The zero-order chi connectivity index (χ0) is 23.0. The van der Waals surface area contributed by atoms with Crippen LogP contribution in [0.3, 0.4) is 0 Å². The molecule has 1 fully saturated rings. The highest BCUT2D eigenvalue weighted by Gasteiger charge is 2.55. The summed E-state index contributed by atoms with van der Waals surface area (Å²) in [6.07, 6.45) is -0.716. The fraction of sp³-hybridized carbons (Fsp3) is 0.571. The predicted molar refractivity (Wildman–Crippen MR) is 117 cm³/mol. The first-order valence-electron chi connectivity index (χ1n) is 10.4. The van der Waals surface area contributed by atoms with Crippen molar-refractivity contribution in [2.75, 3.05) is 19.0 Å². The van der Waals surface area contributed by atoms with Gasteiger partial charge in [0.15, 0.2) is 0 Å². The fourth-order valence-electron chi connectivity index (χ4n) is 4.60. The van der Waals surface area contributed by atoms with Crippen molar-refractivity contribution in [2.45, 2.75) is 62.8 Å². The first kappa shape index (κ1) is 23.1. The van der Waals surface area contributed by atoms with Crippen LogP contribution in [0.25, 0.3) is 0 Å². The fourth-order valence-corrected chi connectivity index (χ4v) is 6.55. The van der Waals surface area contributed by atoms with E-state index in [1.54, 1.807) is 4.90 Å². The first-order valence-corrected chi connectivity index (χ1v) is 13.9. The molecule has 3 N–H and O–H groups in total. The second-order valence-corrected chi connectivity index (χ2v) is 14.7. The van der Waals surface area contributed by atoms with Gasteiger partial charge in [-0.1, -0.05) is 37.8 Å². The normalized spacial score (nSPS) is 23.5. The summed E-state index contributed by atoms with van der Waals surface area (Å²) in [6, 6.07) is 6.23. The SMILES string of the molecule is COC(=O)CC(O)(C1CC(N2Cc3ccccc3NC2=O)CCN1C(=O)O)[Si](C)(C)C. The second kappa shape index (κ2) is 8.50. The van der Waals surface area contributed by atoms with Gasteiger partial charge in [0.1, 0.15) is 0 Å². The van der Waals surface area contributed by atoms with E-state index in [1.807, 2.05) is 43.9 Å². The Morgan fingerprint density at radius 3 is 2.58 bits per heavy atom. The smallest absolute Gasteiger partial charge is 0.407 e. The summed E-state index contributed by atoms with van der Waals surface area (Å²) in [7, 11) is -1.24. The molecule has 2 aliphatic rings. The molecule has 2 heterocycles. The molecule has 170 valence electrons. The van der Waals surface area contributed by atoms with Gasteiger partial charge in [0.25, 0.3) is 0 Å². The molecule has 3 rings (SSSR count). The minimum atomic E-state index is -2.49. The van der Waals surface area contributed by atoms with E-state index in [0.717, 1.165) is 11.3 Å². The van der Waals surface area contributed by atoms with Gasteiger partial charge in [-0.15, -0.1) is 0 Å². The van der Waals surface area contributed by atoms with E-state index < -0.39 is 31.4 Å². The van der Waals surface area contributed by atoms with Crippen LogP contribution in [0.2, 0.25) is 19.6 Å². The Morgan fingerprint density at radius 2 is 1.97 bits per heavy atom. The van der Waals surface area contributed by atoms with Crippen LogP contribution in [0.1, 0.15) is 24.8 Å². The van der Waals surface area contributed by atoms with Gasteiger partial charge in [0, 0.05) is 24.8 Å². The van der Waals surface area contributed by atoms with Crippen LogP contribution in [-0.2, 0) is 16.1 Å². The number of para-hydroxylation sites is 1. The maximum Gasteiger partial charge on any atom is 0.407 e. The van der Waals surface area contributed by atoms with Crippen LogP contribution >= 0.6 is 0 Å². The minimum Gasteiger partial charge on any atom is -0.469 e. The van der Waals surface area contributed by atoms with E-state index in [0.29, 0.717) is 13.0 Å². The highest BCUT2D eigenvalue weighted by atomic mass is 28.3. The maximum atomic E-state index is 12.8. The number of nitrogens with zero attached hydrogens (tertiary/aromatic N) is 2. The molecule has 1 aromatic carbocycles. The molecule has 10 heteroatoms. The summed E-state index contributed by atoms with van der Waals surface area (Å²) < 4.78 is 4.81. The second-order valence-electron chi connectivity index (χ2n) is 9.31. The summed E-state index contributed by atoms with van der Waals surface area (Å²) in [5.41, 5.74) is 1.75. The summed E-state index contributed by atoms with van der Waals surface area (Å²) in [5, 5.41) is 23.0. The molecule has 0 aliphatic carbocycles. The number of methoxy groups -OCH3 is 1. The number of nitrogens with one attached hydrogen (secondary N) is 1. The highest BCUT2D eigenvalue weighted by molar-refractivity contribution is 6.79. The third-order valence-electron chi connectivity index (χ3n) is 6.61. The van der Waals surface area contributed by atoms with Gasteiger partial charge in [-0.25, -0.2) is 9.59 Å². The molecule has 0 aromatic heterocycles. The van der Waals surface area contributed by atoms with Gasteiger partial charge in [-0.3, -0.25) is 4.79 Å². The molecule has 0 saturated carbocycles. The van der Waals surface area contributed by atoms with Crippen molar-refractivity contribution >= 4 is 31.9 Å². The lowest BCUT2D eigenvalue weighted by atomic mass is 9.90. The molecule has 31 heavy (non-hydrogen) atoms. The van der Waals surface area contributed by atoms with Gasteiger partial charge < -0.3 is 30.1 Å².